The number of urea groups is 1. The first-order valence-electron chi connectivity index (χ1n) is 7.25. The number of aliphatic hydroxyl groups is 1. The molecular weight excluding hydrogens is 280 g/mol. The van der Waals surface area contributed by atoms with Crippen molar-refractivity contribution >= 4 is 6.03 Å². The minimum Gasteiger partial charge on any atom is -0.395 e. The number of rotatable bonds is 5. The molecule has 2 rings (SSSR count). The van der Waals surface area contributed by atoms with Crippen LogP contribution < -0.4 is 5.32 Å². The molecule has 0 bridgehead atoms. The van der Waals surface area contributed by atoms with Gasteiger partial charge >= 0.3 is 6.03 Å². The minimum absolute atomic E-state index is 0.0477. The van der Waals surface area contributed by atoms with Gasteiger partial charge in [0, 0.05) is 31.4 Å². The predicted molar refractivity (Wildman–Crippen MR) is 85.0 cm³/mol. The monoisotopic (exact) mass is 302 g/mol. The van der Waals surface area contributed by atoms with Crippen LogP contribution in [0.25, 0.3) is 5.69 Å². The fourth-order valence-electron chi connectivity index (χ4n) is 2.30. The van der Waals surface area contributed by atoms with E-state index in [1.165, 1.54) is 4.90 Å². The smallest absolute Gasteiger partial charge is 0.317 e. The van der Waals surface area contributed by atoms with Crippen molar-refractivity contribution in [2.75, 3.05) is 20.2 Å². The second kappa shape index (κ2) is 7.09. The van der Waals surface area contributed by atoms with E-state index >= 15 is 0 Å². The lowest BCUT2D eigenvalue weighted by molar-refractivity contribution is 0.190. The van der Waals surface area contributed by atoms with E-state index < -0.39 is 0 Å². The van der Waals surface area contributed by atoms with Crippen molar-refractivity contribution in [3.63, 3.8) is 0 Å². The van der Waals surface area contributed by atoms with Crippen LogP contribution >= 0.6 is 0 Å². The predicted octanol–water partition coefficient (Wildman–Crippen LogP) is 1.62. The quantitative estimate of drug-likeness (QED) is 0.882. The summed E-state index contributed by atoms with van der Waals surface area (Å²) >= 11 is 0. The van der Waals surface area contributed by atoms with Gasteiger partial charge < -0.3 is 15.3 Å². The number of carbonyl (C=O) groups excluding carboxylic acids is 1. The maximum Gasteiger partial charge on any atom is 0.317 e. The molecule has 0 aliphatic rings. The number of benzene rings is 1. The molecule has 2 amide bonds. The highest BCUT2D eigenvalue weighted by molar-refractivity contribution is 5.73. The number of para-hydroxylation sites is 1. The summed E-state index contributed by atoms with van der Waals surface area (Å²) in [6, 6.07) is 9.69. The van der Waals surface area contributed by atoms with Crippen LogP contribution in [0.5, 0.6) is 0 Å². The summed E-state index contributed by atoms with van der Waals surface area (Å²) in [5.74, 6) is 0. The third kappa shape index (κ3) is 3.46. The van der Waals surface area contributed by atoms with Crippen molar-refractivity contribution in [2.24, 2.45) is 0 Å². The highest BCUT2D eigenvalue weighted by Crippen LogP contribution is 2.17. The Bertz CT molecular complexity index is 637. The normalized spacial score (nSPS) is 10.5. The molecule has 1 heterocycles. The van der Waals surface area contributed by atoms with Crippen LogP contribution in [0.1, 0.15) is 17.0 Å². The number of amides is 2. The Kier molecular flexibility index (Phi) is 5.16. The van der Waals surface area contributed by atoms with E-state index in [1.807, 2.05) is 48.9 Å². The number of nitrogens with zero attached hydrogens (tertiary/aromatic N) is 3. The minimum atomic E-state index is -0.208. The zero-order valence-corrected chi connectivity index (χ0v) is 13.2. The highest BCUT2D eigenvalue weighted by Gasteiger charge is 2.14. The van der Waals surface area contributed by atoms with E-state index in [4.69, 9.17) is 5.11 Å². The summed E-state index contributed by atoms with van der Waals surface area (Å²) in [6.45, 7) is 4.61. The van der Waals surface area contributed by atoms with Crippen LogP contribution in [0.2, 0.25) is 0 Å². The number of aromatic nitrogens is 2. The average Bonchev–Trinajstić information content (AvgIpc) is 2.81. The van der Waals surface area contributed by atoms with Crippen molar-refractivity contribution in [1.29, 1.82) is 0 Å². The number of carbonyl (C=O) groups is 1. The van der Waals surface area contributed by atoms with E-state index in [1.54, 1.807) is 7.05 Å². The van der Waals surface area contributed by atoms with Crippen molar-refractivity contribution < 1.29 is 9.90 Å². The Hall–Kier alpha value is -2.34. The van der Waals surface area contributed by atoms with Crippen LogP contribution in [0.3, 0.4) is 0 Å². The molecule has 22 heavy (non-hydrogen) atoms. The van der Waals surface area contributed by atoms with Gasteiger partial charge in [0.25, 0.3) is 0 Å². The van der Waals surface area contributed by atoms with E-state index in [0.29, 0.717) is 13.1 Å². The van der Waals surface area contributed by atoms with Gasteiger partial charge in [0.1, 0.15) is 0 Å². The second-order valence-corrected chi connectivity index (χ2v) is 5.20. The fraction of sp³-hybridized carbons (Fsp3) is 0.375. The molecule has 118 valence electrons. The van der Waals surface area contributed by atoms with E-state index in [2.05, 4.69) is 10.4 Å². The number of nitrogens with one attached hydrogen (secondary N) is 1. The highest BCUT2D eigenvalue weighted by atomic mass is 16.3. The van der Waals surface area contributed by atoms with E-state index in [9.17, 15) is 4.79 Å². The molecule has 0 aliphatic carbocycles. The van der Waals surface area contributed by atoms with Crippen LogP contribution in [0, 0.1) is 13.8 Å². The molecule has 0 radical (unpaired) electrons. The first kappa shape index (κ1) is 16.0. The maximum absolute atomic E-state index is 11.9. The fourth-order valence-corrected chi connectivity index (χ4v) is 2.30. The molecule has 0 fully saturated rings. The van der Waals surface area contributed by atoms with Crippen LogP contribution in [0.4, 0.5) is 4.79 Å². The summed E-state index contributed by atoms with van der Waals surface area (Å²) in [4.78, 5) is 13.3. The third-order valence-electron chi connectivity index (χ3n) is 3.64. The molecule has 6 heteroatoms. The first-order chi connectivity index (χ1) is 10.5. The summed E-state index contributed by atoms with van der Waals surface area (Å²) in [6.07, 6.45) is 0. The molecule has 1 aromatic heterocycles. The van der Waals surface area contributed by atoms with Crippen LogP contribution in [0.15, 0.2) is 30.3 Å². The molecule has 0 unspecified atom stereocenters. The SMILES string of the molecule is Cc1nn(-c2ccccc2)c(C)c1CNC(=O)N(C)CCO. The molecular formula is C16H22N4O2. The lowest BCUT2D eigenvalue weighted by Crippen LogP contribution is -2.38. The number of aliphatic hydroxyl groups excluding tert-OH is 1. The lowest BCUT2D eigenvalue weighted by Gasteiger charge is -2.16. The number of aryl methyl sites for hydroxylation is 1. The first-order valence-corrected chi connectivity index (χ1v) is 7.25. The van der Waals surface area contributed by atoms with Crippen molar-refractivity contribution in [2.45, 2.75) is 20.4 Å². The number of hydrogen-bond acceptors (Lipinski definition) is 3. The standard InChI is InChI=1S/C16H22N4O2/c1-12-15(11-17-16(22)19(3)9-10-21)13(2)20(18-12)14-7-5-4-6-8-14/h4-8,21H,9-11H2,1-3H3,(H,17,22). The molecule has 2 aromatic rings. The summed E-state index contributed by atoms with van der Waals surface area (Å²) in [5.41, 5.74) is 3.91. The largest absolute Gasteiger partial charge is 0.395 e. The number of hydrogen-bond donors (Lipinski definition) is 2. The zero-order valence-electron chi connectivity index (χ0n) is 13.2. The third-order valence-corrected chi connectivity index (χ3v) is 3.64. The van der Waals surface area contributed by atoms with Crippen LogP contribution in [-0.2, 0) is 6.54 Å². The summed E-state index contributed by atoms with van der Waals surface area (Å²) in [5, 5.41) is 16.3. The van der Waals surface area contributed by atoms with Gasteiger partial charge in [0.15, 0.2) is 0 Å². The van der Waals surface area contributed by atoms with Gasteiger partial charge in [-0.25, -0.2) is 9.48 Å². The van der Waals surface area contributed by atoms with Crippen LogP contribution in [-0.4, -0.2) is 46.0 Å². The van der Waals surface area contributed by atoms with E-state index in [0.717, 1.165) is 22.6 Å². The molecule has 0 saturated carbocycles. The Morgan fingerprint density at radius 2 is 2.00 bits per heavy atom. The second-order valence-electron chi connectivity index (χ2n) is 5.20. The lowest BCUT2D eigenvalue weighted by atomic mass is 10.2. The molecule has 6 nitrogen and oxygen atoms in total. The number of likely N-dealkylation sites (N-methyl/N-ethyl adjacent to an activating group) is 1. The van der Waals surface area contributed by atoms with Gasteiger partial charge in [0.05, 0.1) is 18.0 Å². The summed E-state index contributed by atoms with van der Waals surface area (Å²) < 4.78 is 1.88. The van der Waals surface area contributed by atoms with Gasteiger partial charge in [0.2, 0.25) is 0 Å². The Morgan fingerprint density at radius 3 is 2.64 bits per heavy atom. The molecule has 0 aliphatic heterocycles. The van der Waals surface area contributed by atoms with Gasteiger partial charge in [-0.2, -0.15) is 5.10 Å². The Balaban J connectivity index is 2.13. The molecule has 0 saturated heterocycles. The average molecular weight is 302 g/mol. The van der Waals surface area contributed by atoms with Crippen molar-refractivity contribution in [3.8, 4) is 5.69 Å². The molecule has 0 atom stereocenters. The van der Waals surface area contributed by atoms with E-state index in [-0.39, 0.29) is 12.6 Å². The van der Waals surface area contributed by atoms with Gasteiger partial charge in [-0.15, -0.1) is 0 Å². The van der Waals surface area contributed by atoms with Gasteiger partial charge in [-0.05, 0) is 26.0 Å². The molecule has 1 aromatic carbocycles. The van der Waals surface area contributed by atoms with Crippen molar-refractivity contribution in [1.82, 2.24) is 20.0 Å². The molecule has 0 spiro atoms. The van der Waals surface area contributed by atoms with Gasteiger partial charge in [-0.1, -0.05) is 18.2 Å². The van der Waals surface area contributed by atoms with Crippen molar-refractivity contribution in [3.05, 3.63) is 47.3 Å². The Labute approximate surface area is 130 Å². The topological polar surface area (TPSA) is 70.4 Å². The maximum atomic E-state index is 11.9. The molecule has 2 N–H and O–H groups in total. The summed E-state index contributed by atoms with van der Waals surface area (Å²) in [7, 11) is 1.65. The van der Waals surface area contributed by atoms with Gasteiger partial charge in [-0.3, -0.25) is 0 Å². The zero-order chi connectivity index (χ0) is 16.1. The Morgan fingerprint density at radius 1 is 1.32 bits per heavy atom.